The van der Waals surface area contributed by atoms with Crippen LogP contribution in [0.15, 0.2) is 83.7 Å². The van der Waals surface area contributed by atoms with Crippen molar-refractivity contribution in [2.24, 2.45) is 0 Å². The summed E-state index contributed by atoms with van der Waals surface area (Å²) in [6.07, 6.45) is 0. The number of hydrogen-bond acceptors (Lipinski definition) is 4. The van der Waals surface area contributed by atoms with Gasteiger partial charge in [-0.15, -0.1) is 0 Å². The number of aromatic nitrogens is 2. The summed E-state index contributed by atoms with van der Waals surface area (Å²) < 4.78 is 1.22. The van der Waals surface area contributed by atoms with E-state index in [0.717, 1.165) is 0 Å². The molecule has 0 aliphatic carbocycles. The van der Waals surface area contributed by atoms with E-state index in [0.29, 0.717) is 27.7 Å². The van der Waals surface area contributed by atoms with E-state index in [4.69, 9.17) is 0 Å². The highest BCUT2D eigenvalue weighted by Gasteiger charge is 2.18. The molecule has 0 atom stereocenters. The fourth-order valence-corrected chi connectivity index (χ4v) is 3.17. The molecular formula is C23H18N4O3. The van der Waals surface area contributed by atoms with Gasteiger partial charge in [-0.1, -0.05) is 42.5 Å². The number of benzene rings is 3. The summed E-state index contributed by atoms with van der Waals surface area (Å²) >= 11 is 0. The van der Waals surface area contributed by atoms with E-state index in [1.165, 1.54) is 11.7 Å². The number of hydrogen-bond donors (Lipinski definition) is 2. The lowest BCUT2D eigenvalue weighted by Gasteiger charge is -2.12. The van der Waals surface area contributed by atoms with Gasteiger partial charge >= 0.3 is 0 Å². The van der Waals surface area contributed by atoms with E-state index < -0.39 is 5.91 Å². The second-order valence-corrected chi connectivity index (χ2v) is 6.56. The van der Waals surface area contributed by atoms with E-state index in [9.17, 15) is 14.4 Å². The van der Waals surface area contributed by atoms with E-state index in [-0.39, 0.29) is 17.2 Å². The van der Waals surface area contributed by atoms with Gasteiger partial charge in [-0.2, -0.15) is 9.78 Å². The minimum absolute atomic E-state index is 0.111. The Hall–Kier alpha value is -4.26. The van der Waals surface area contributed by atoms with Crippen molar-refractivity contribution in [1.29, 1.82) is 0 Å². The van der Waals surface area contributed by atoms with Crippen molar-refractivity contribution >= 4 is 28.3 Å². The molecule has 30 heavy (non-hydrogen) atoms. The van der Waals surface area contributed by atoms with Crippen molar-refractivity contribution in [3.05, 3.63) is 100 Å². The summed E-state index contributed by atoms with van der Waals surface area (Å²) in [4.78, 5) is 37.9. The third kappa shape index (κ3) is 3.56. The zero-order chi connectivity index (χ0) is 21.1. The summed E-state index contributed by atoms with van der Waals surface area (Å²) in [5.74, 6) is -0.739. The molecule has 0 radical (unpaired) electrons. The Balaban J connectivity index is 1.80. The first kappa shape index (κ1) is 19.1. The molecule has 0 aliphatic heterocycles. The standard InChI is InChI=1S/C23H18N4O3/c1-24-21(28)15-8-7-9-16(14-15)25-22(29)20-18-12-5-6-13-19(18)23(30)27(26-20)17-10-3-2-4-11-17/h2-14H,1H3,(H,24,28)(H,25,29). The number of nitrogens with zero attached hydrogens (tertiary/aromatic N) is 2. The van der Waals surface area contributed by atoms with E-state index in [1.807, 2.05) is 6.07 Å². The molecule has 4 rings (SSSR count). The van der Waals surface area contributed by atoms with Gasteiger partial charge in [-0.3, -0.25) is 14.4 Å². The van der Waals surface area contributed by atoms with Crippen LogP contribution in [0, 0.1) is 0 Å². The van der Waals surface area contributed by atoms with Crippen LogP contribution in [0.25, 0.3) is 16.5 Å². The number of amides is 2. The Kier molecular flexibility index (Phi) is 5.09. The van der Waals surface area contributed by atoms with Crippen LogP contribution in [-0.4, -0.2) is 28.6 Å². The van der Waals surface area contributed by atoms with Gasteiger partial charge in [0.2, 0.25) is 0 Å². The van der Waals surface area contributed by atoms with Crippen molar-refractivity contribution in [1.82, 2.24) is 15.1 Å². The monoisotopic (exact) mass is 398 g/mol. The average Bonchev–Trinajstić information content (AvgIpc) is 2.79. The Labute approximate surface area is 172 Å². The van der Waals surface area contributed by atoms with Crippen molar-refractivity contribution < 1.29 is 9.59 Å². The van der Waals surface area contributed by atoms with Gasteiger partial charge < -0.3 is 10.6 Å². The molecule has 7 heteroatoms. The number of carbonyl (C=O) groups is 2. The second-order valence-electron chi connectivity index (χ2n) is 6.56. The van der Waals surface area contributed by atoms with E-state index in [2.05, 4.69) is 15.7 Å². The van der Waals surface area contributed by atoms with Crippen LogP contribution in [0.2, 0.25) is 0 Å². The van der Waals surface area contributed by atoms with Crippen molar-refractivity contribution in [3.8, 4) is 5.69 Å². The molecule has 2 N–H and O–H groups in total. The summed E-state index contributed by atoms with van der Waals surface area (Å²) in [6.45, 7) is 0. The number of para-hydroxylation sites is 1. The Bertz CT molecular complexity index is 1310. The molecule has 0 saturated carbocycles. The quantitative estimate of drug-likeness (QED) is 0.553. The molecule has 148 valence electrons. The molecule has 4 aromatic rings. The van der Waals surface area contributed by atoms with Crippen LogP contribution in [0.3, 0.4) is 0 Å². The lowest BCUT2D eigenvalue weighted by Crippen LogP contribution is -2.26. The summed E-state index contributed by atoms with van der Waals surface area (Å²) in [5.41, 5.74) is 1.23. The molecule has 0 bridgehead atoms. The fraction of sp³-hybridized carbons (Fsp3) is 0.0435. The van der Waals surface area contributed by atoms with Crippen LogP contribution < -0.4 is 16.2 Å². The molecule has 2 amide bonds. The second kappa shape index (κ2) is 8.00. The van der Waals surface area contributed by atoms with Crippen LogP contribution in [0.4, 0.5) is 5.69 Å². The highest BCUT2D eigenvalue weighted by Crippen LogP contribution is 2.18. The van der Waals surface area contributed by atoms with Gasteiger partial charge in [0, 0.05) is 23.7 Å². The molecule has 1 aromatic heterocycles. The van der Waals surface area contributed by atoms with Gasteiger partial charge in [-0.25, -0.2) is 0 Å². The summed E-state index contributed by atoms with van der Waals surface area (Å²) in [7, 11) is 1.54. The minimum Gasteiger partial charge on any atom is -0.355 e. The average molecular weight is 398 g/mol. The molecule has 0 unspecified atom stereocenters. The van der Waals surface area contributed by atoms with Crippen molar-refractivity contribution in [2.45, 2.75) is 0 Å². The Morgan fingerprint density at radius 2 is 1.53 bits per heavy atom. The fourth-order valence-electron chi connectivity index (χ4n) is 3.17. The maximum Gasteiger partial charge on any atom is 0.279 e. The van der Waals surface area contributed by atoms with Crippen molar-refractivity contribution in [3.63, 3.8) is 0 Å². The lowest BCUT2D eigenvalue weighted by molar-refractivity contribution is 0.0961. The molecule has 7 nitrogen and oxygen atoms in total. The first-order valence-electron chi connectivity index (χ1n) is 9.29. The summed E-state index contributed by atoms with van der Waals surface area (Å²) in [5, 5.41) is 10.5. The third-order valence-electron chi connectivity index (χ3n) is 4.63. The SMILES string of the molecule is CNC(=O)c1cccc(NC(=O)c2nn(-c3ccccc3)c(=O)c3ccccc23)c1. The normalized spacial score (nSPS) is 10.6. The lowest BCUT2D eigenvalue weighted by atomic mass is 10.1. The molecule has 0 saturated heterocycles. The Morgan fingerprint density at radius 1 is 0.833 bits per heavy atom. The van der Waals surface area contributed by atoms with Crippen LogP contribution in [-0.2, 0) is 0 Å². The maximum atomic E-state index is 13.1. The highest BCUT2D eigenvalue weighted by atomic mass is 16.2. The van der Waals surface area contributed by atoms with E-state index in [1.54, 1.807) is 72.8 Å². The first-order chi connectivity index (χ1) is 14.6. The van der Waals surface area contributed by atoms with Gasteiger partial charge in [0.25, 0.3) is 17.4 Å². The first-order valence-corrected chi connectivity index (χ1v) is 9.29. The number of fused-ring (bicyclic) bond motifs is 1. The molecule has 0 spiro atoms. The number of anilines is 1. The summed E-state index contributed by atoms with van der Waals surface area (Å²) in [6, 6.07) is 22.4. The van der Waals surface area contributed by atoms with Crippen LogP contribution in [0.5, 0.6) is 0 Å². The topological polar surface area (TPSA) is 93.1 Å². The third-order valence-corrected chi connectivity index (χ3v) is 4.63. The molecule has 0 fully saturated rings. The predicted molar refractivity (Wildman–Crippen MR) is 115 cm³/mol. The van der Waals surface area contributed by atoms with Crippen LogP contribution >= 0.6 is 0 Å². The Morgan fingerprint density at radius 3 is 2.27 bits per heavy atom. The highest BCUT2D eigenvalue weighted by molar-refractivity contribution is 6.11. The largest absolute Gasteiger partial charge is 0.355 e. The zero-order valence-electron chi connectivity index (χ0n) is 16.1. The smallest absolute Gasteiger partial charge is 0.279 e. The zero-order valence-corrected chi connectivity index (χ0v) is 16.1. The number of nitrogens with one attached hydrogen (secondary N) is 2. The predicted octanol–water partition coefficient (Wildman–Crippen LogP) is 3.00. The van der Waals surface area contributed by atoms with Crippen LogP contribution in [0.1, 0.15) is 20.8 Å². The van der Waals surface area contributed by atoms with Gasteiger partial charge in [0.15, 0.2) is 5.69 Å². The molecule has 1 heterocycles. The maximum absolute atomic E-state index is 13.1. The van der Waals surface area contributed by atoms with Crippen molar-refractivity contribution in [2.75, 3.05) is 12.4 Å². The minimum atomic E-state index is -0.482. The molecular weight excluding hydrogens is 380 g/mol. The molecule has 3 aromatic carbocycles. The van der Waals surface area contributed by atoms with Gasteiger partial charge in [-0.05, 0) is 36.4 Å². The van der Waals surface area contributed by atoms with Gasteiger partial charge in [0.05, 0.1) is 11.1 Å². The number of carbonyl (C=O) groups excluding carboxylic acids is 2. The van der Waals surface area contributed by atoms with Gasteiger partial charge in [0.1, 0.15) is 0 Å². The van der Waals surface area contributed by atoms with E-state index >= 15 is 0 Å². The molecule has 0 aliphatic rings. The number of rotatable bonds is 4.